The maximum absolute atomic E-state index is 13.1. The molecule has 0 bridgehead atoms. The van der Waals surface area contributed by atoms with Gasteiger partial charge in [0.25, 0.3) is 6.43 Å². The van der Waals surface area contributed by atoms with Gasteiger partial charge in [-0.05, 0) is 31.4 Å². The van der Waals surface area contributed by atoms with E-state index >= 15 is 0 Å². The van der Waals surface area contributed by atoms with Crippen LogP contribution in [0.1, 0.15) is 31.5 Å². The number of ether oxygens (including phenoxy) is 1. The molecule has 0 amide bonds. The van der Waals surface area contributed by atoms with Gasteiger partial charge in [-0.2, -0.15) is 0 Å². The zero-order valence-electron chi connectivity index (χ0n) is 14.0. The van der Waals surface area contributed by atoms with Crippen LogP contribution in [-0.4, -0.2) is 53.3 Å². The highest BCUT2D eigenvalue weighted by atomic mass is 19.3. The molecule has 1 aromatic heterocycles. The number of hydrogen-bond acceptors (Lipinski definition) is 5. The molecule has 0 spiro atoms. The van der Waals surface area contributed by atoms with Crippen LogP contribution in [0.25, 0.3) is 10.9 Å². The second-order valence-corrected chi connectivity index (χ2v) is 6.72. The molecule has 0 saturated carbocycles. The summed E-state index contributed by atoms with van der Waals surface area (Å²) in [6, 6.07) is 8.07. The molecular weight excluding hydrogens is 326 g/mol. The molecule has 0 radical (unpaired) electrons. The first-order chi connectivity index (χ1) is 12.2. The van der Waals surface area contributed by atoms with Gasteiger partial charge >= 0.3 is 0 Å². The van der Waals surface area contributed by atoms with Crippen molar-refractivity contribution in [3.05, 3.63) is 30.1 Å². The van der Waals surface area contributed by atoms with Crippen molar-refractivity contribution in [2.45, 2.75) is 37.8 Å². The molecule has 3 heterocycles. The number of hydrogen-bond donors (Lipinski definition) is 1. The SMILES string of the molecule is FC(F)c1nc(NC2CCN(C3CCOC3)CC2)c2ccccc2n1. The molecule has 1 aromatic carbocycles. The highest BCUT2D eigenvalue weighted by Crippen LogP contribution is 2.27. The van der Waals surface area contributed by atoms with Crippen molar-refractivity contribution in [3.63, 3.8) is 0 Å². The predicted octanol–water partition coefficient (Wildman–Crippen LogP) is 3.23. The Balaban J connectivity index is 1.49. The summed E-state index contributed by atoms with van der Waals surface area (Å²) in [4.78, 5) is 10.5. The number of piperidine rings is 1. The maximum atomic E-state index is 13.1. The molecule has 25 heavy (non-hydrogen) atoms. The van der Waals surface area contributed by atoms with Crippen LogP contribution in [0, 0.1) is 0 Å². The summed E-state index contributed by atoms with van der Waals surface area (Å²) < 4.78 is 31.7. The number of rotatable bonds is 4. The molecule has 2 aliphatic rings. The summed E-state index contributed by atoms with van der Waals surface area (Å²) in [6.45, 7) is 3.67. The first-order valence-corrected chi connectivity index (χ1v) is 8.84. The predicted molar refractivity (Wildman–Crippen MR) is 91.9 cm³/mol. The van der Waals surface area contributed by atoms with Crippen molar-refractivity contribution in [1.82, 2.24) is 14.9 Å². The number of benzene rings is 1. The van der Waals surface area contributed by atoms with Gasteiger partial charge in [-0.3, -0.25) is 4.90 Å². The number of fused-ring (bicyclic) bond motifs is 1. The summed E-state index contributed by atoms with van der Waals surface area (Å²) in [5, 5.41) is 4.18. The van der Waals surface area contributed by atoms with E-state index in [1.807, 2.05) is 12.1 Å². The van der Waals surface area contributed by atoms with E-state index in [2.05, 4.69) is 20.2 Å². The number of alkyl halides is 2. The van der Waals surface area contributed by atoms with Crippen LogP contribution in [0.3, 0.4) is 0 Å². The minimum absolute atomic E-state index is 0.238. The van der Waals surface area contributed by atoms with Crippen LogP contribution >= 0.6 is 0 Å². The topological polar surface area (TPSA) is 50.3 Å². The highest BCUT2D eigenvalue weighted by molar-refractivity contribution is 5.89. The van der Waals surface area contributed by atoms with Crippen LogP contribution in [0.2, 0.25) is 0 Å². The first-order valence-electron chi connectivity index (χ1n) is 8.84. The van der Waals surface area contributed by atoms with Crippen LogP contribution in [0.4, 0.5) is 14.6 Å². The fraction of sp³-hybridized carbons (Fsp3) is 0.556. The van der Waals surface area contributed by atoms with Crippen molar-refractivity contribution in [2.24, 2.45) is 0 Å². The van der Waals surface area contributed by atoms with Crippen molar-refractivity contribution in [2.75, 3.05) is 31.6 Å². The fourth-order valence-corrected chi connectivity index (χ4v) is 3.71. The lowest BCUT2D eigenvalue weighted by Crippen LogP contribution is -2.45. The Hall–Kier alpha value is -1.86. The van der Waals surface area contributed by atoms with Crippen LogP contribution in [0.15, 0.2) is 24.3 Å². The molecule has 0 aliphatic carbocycles. The van der Waals surface area contributed by atoms with Crippen LogP contribution in [-0.2, 0) is 4.74 Å². The highest BCUT2D eigenvalue weighted by Gasteiger charge is 2.28. The molecule has 1 unspecified atom stereocenters. The zero-order chi connectivity index (χ0) is 17.2. The number of nitrogens with one attached hydrogen (secondary N) is 1. The quantitative estimate of drug-likeness (QED) is 0.919. The molecule has 7 heteroatoms. The lowest BCUT2D eigenvalue weighted by atomic mass is 10.0. The minimum Gasteiger partial charge on any atom is -0.380 e. The van der Waals surface area contributed by atoms with Gasteiger partial charge in [0.05, 0.1) is 12.1 Å². The van der Waals surface area contributed by atoms with E-state index < -0.39 is 12.2 Å². The average molecular weight is 348 g/mol. The number of anilines is 1. The molecule has 134 valence electrons. The van der Waals surface area contributed by atoms with Crippen LogP contribution < -0.4 is 5.32 Å². The Morgan fingerprint density at radius 3 is 2.64 bits per heavy atom. The Labute approximate surface area is 145 Å². The average Bonchev–Trinajstić information content (AvgIpc) is 3.17. The molecule has 4 rings (SSSR count). The molecule has 2 saturated heterocycles. The largest absolute Gasteiger partial charge is 0.380 e. The van der Waals surface area contributed by atoms with Crippen molar-refractivity contribution in [1.29, 1.82) is 0 Å². The van der Waals surface area contributed by atoms with E-state index in [0.717, 1.165) is 51.0 Å². The lowest BCUT2D eigenvalue weighted by molar-refractivity contribution is 0.124. The number of aromatic nitrogens is 2. The standard InChI is InChI=1S/C18H22F2N4O/c19-16(20)18-22-15-4-2-1-3-14(15)17(23-18)21-12-5-8-24(9-6-12)13-7-10-25-11-13/h1-4,12-13,16H,5-11H2,(H,21,22,23). The normalized spacial score (nSPS) is 22.8. The maximum Gasteiger partial charge on any atom is 0.297 e. The second-order valence-electron chi connectivity index (χ2n) is 6.72. The summed E-state index contributed by atoms with van der Waals surface area (Å²) in [5.74, 6) is 0.102. The van der Waals surface area contributed by atoms with Gasteiger partial charge in [0, 0.05) is 37.2 Å². The molecule has 2 fully saturated rings. The summed E-state index contributed by atoms with van der Waals surface area (Å²) in [6.07, 6.45) is 0.374. The van der Waals surface area contributed by atoms with E-state index in [1.54, 1.807) is 12.1 Å². The monoisotopic (exact) mass is 348 g/mol. The Morgan fingerprint density at radius 2 is 1.92 bits per heavy atom. The third-order valence-corrected chi connectivity index (χ3v) is 5.11. The van der Waals surface area contributed by atoms with Crippen molar-refractivity contribution < 1.29 is 13.5 Å². The molecule has 2 aliphatic heterocycles. The molecule has 5 nitrogen and oxygen atoms in total. The van der Waals surface area contributed by atoms with Crippen molar-refractivity contribution >= 4 is 16.7 Å². The van der Waals surface area contributed by atoms with E-state index in [9.17, 15) is 8.78 Å². The van der Waals surface area contributed by atoms with E-state index in [1.165, 1.54) is 0 Å². The summed E-state index contributed by atoms with van der Waals surface area (Å²) in [7, 11) is 0. The fourth-order valence-electron chi connectivity index (χ4n) is 3.71. The molecular formula is C18H22F2N4O. The first kappa shape index (κ1) is 16.6. The third kappa shape index (κ3) is 3.57. The van der Waals surface area contributed by atoms with Gasteiger partial charge in [-0.15, -0.1) is 0 Å². The van der Waals surface area contributed by atoms with Gasteiger partial charge in [-0.25, -0.2) is 18.7 Å². The molecule has 2 aromatic rings. The summed E-state index contributed by atoms with van der Waals surface area (Å²) >= 11 is 0. The Kier molecular flexibility index (Phi) is 4.76. The minimum atomic E-state index is -2.67. The number of halogens is 2. The van der Waals surface area contributed by atoms with Gasteiger partial charge < -0.3 is 10.1 Å². The number of likely N-dealkylation sites (tertiary alicyclic amines) is 1. The van der Waals surface area contributed by atoms with Crippen molar-refractivity contribution in [3.8, 4) is 0 Å². The van der Waals surface area contributed by atoms with Gasteiger partial charge in [-0.1, -0.05) is 12.1 Å². The summed E-state index contributed by atoms with van der Waals surface area (Å²) in [5.41, 5.74) is 0.552. The van der Waals surface area contributed by atoms with E-state index in [-0.39, 0.29) is 6.04 Å². The molecule has 1 atom stereocenters. The third-order valence-electron chi connectivity index (χ3n) is 5.11. The Morgan fingerprint density at radius 1 is 1.12 bits per heavy atom. The van der Waals surface area contributed by atoms with Gasteiger partial charge in [0.1, 0.15) is 5.82 Å². The number of nitrogens with zero attached hydrogens (tertiary/aromatic N) is 3. The van der Waals surface area contributed by atoms with Crippen LogP contribution in [0.5, 0.6) is 0 Å². The van der Waals surface area contributed by atoms with E-state index in [4.69, 9.17) is 4.74 Å². The smallest absolute Gasteiger partial charge is 0.297 e. The zero-order valence-corrected chi connectivity index (χ0v) is 14.0. The second kappa shape index (κ2) is 7.17. The molecule has 1 N–H and O–H groups in total. The van der Waals surface area contributed by atoms with E-state index in [0.29, 0.717) is 17.4 Å². The lowest BCUT2D eigenvalue weighted by Gasteiger charge is -2.35. The number of para-hydroxylation sites is 1. The van der Waals surface area contributed by atoms with Gasteiger partial charge in [0.15, 0.2) is 5.82 Å². The van der Waals surface area contributed by atoms with Gasteiger partial charge in [0.2, 0.25) is 0 Å². The Bertz CT molecular complexity index is 728.